The minimum Gasteiger partial charge on any atom is -0.388 e. The second-order valence-electron chi connectivity index (χ2n) is 4.17. The van der Waals surface area contributed by atoms with E-state index in [4.69, 9.17) is 4.74 Å². The normalized spacial score (nSPS) is 25.5. The van der Waals surface area contributed by atoms with E-state index in [1.54, 1.807) is 0 Å². The van der Waals surface area contributed by atoms with Gasteiger partial charge in [-0.3, -0.25) is 0 Å². The second kappa shape index (κ2) is 4.21. The molecule has 1 heterocycles. The van der Waals surface area contributed by atoms with E-state index in [-0.39, 0.29) is 6.04 Å². The summed E-state index contributed by atoms with van der Waals surface area (Å²) >= 11 is 0. The van der Waals surface area contributed by atoms with Crippen LogP contribution in [0, 0.1) is 13.8 Å². The van der Waals surface area contributed by atoms with Crippen LogP contribution in [0.5, 0.6) is 0 Å². The van der Waals surface area contributed by atoms with Crippen LogP contribution in [0.4, 0.5) is 5.69 Å². The van der Waals surface area contributed by atoms with E-state index in [2.05, 4.69) is 37.4 Å². The number of hydrogen-bond acceptors (Lipinski definition) is 3. The smallest absolute Gasteiger partial charge is 0.0996 e. The Morgan fingerprint density at radius 3 is 2.73 bits per heavy atom. The van der Waals surface area contributed by atoms with Crippen molar-refractivity contribution in [3.8, 4) is 0 Å². The minimum absolute atomic E-state index is 0.0198. The van der Waals surface area contributed by atoms with E-state index in [0.717, 1.165) is 5.69 Å². The Kier molecular flexibility index (Phi) is 2.93. The van der Waals surface area contributed by atoms with Crippen LogP contribution >= 0.6 is 0 Å². The van der Waals surface area contributed by atoms with Crippen molar-refractivity contribution in [3.05, 3.63) is 29.3 Å². The van der Waals surface area contributed by atoms with Crippen LogP contribution in [-0.4, -0.2) is 30.5 Å². The Balaban J connectivity index is 2.10. The van der Waals surface area contributed by atoms with E-state index in [0.29, 0.717) is 13.2 Å². The monoisotopic (exact) mass is 207 g/mol. The highest BCUT2D eigenvalue weighted by atomic mass is 16.5. The van der Waals surface area contributed by atoms with Crippen molar-refractivity contribution >= 4 is 5.69 Å². The molecule has 2 atom stereocenters. The lowest BCUT2D eigenvalue weighted by Gasteiger charge is -2.17. The fraction of sp³-hybridized carbons (Fsp3) is 0.500. The van der Waals surface area contributed by atoms with E-state index in [9.17, 15) is 5.11 Å². The van der Waals surface area contributed by atoms with E-state index < -0.39 is 6.10 Å². The molecule has 2 rings (SSSR count). The van der Waals surface area contributed by atoms with Crippen molar-refractivity contribution in [2.75, 3.05) is 18.5 Å². The standard InChI is InChI=1S/C12H17NO2/c1-8-3-4-10(9(2)5-8)13-11-6-15-7-12(11)14/h3-5,11-14H,6-7H2,1-2H3/t11-,12-/m1/s1. The van der Waals surface area contributed by atoms with Crippen LogP contribution in [-0.2, 0) is 4.74 Å². The summed E-state index contributed by atoms with van der Waals surface area (Å²) in [7, 11) is 0. The number of aliphatic hydroxyl groups is 1. The zero-order valence-electron chi connectivity index (χ0n) is 9.16. The first-order valence-corrected chi connectivity index (χ1v) is 5.26. The third kappa shape index (κ3) is 2.30. The molecule has 0 bridgehead atoms. The molecule has 0 saturated carbocycles. The van der Waals surface area contributed by atoms with E-state index in [1.807, 2.05) is 0 Å². The van der Waals surface area contributed by atoms with Gasteiger partial charge in [-0.05, 0) is 25.5 Å². The molecular formula is C12H17NO2. The van der Waals surface area contributed by atoms with Gasteiger partial charge < -0.3 is 15.2 Å². The number of benzene rings is 1. The summed E-state index contributed by atoms with van der Waals surface area (Å²) < 4.78 is 5.19. The summed E-state index contributed by atoms with van der Waals surface area (Å²) in [6.07, 6.45) is -0.397. The third-order valence-corrected chi connectivity index (χ3v) is 2.77. The van der Waals surface area contributed by atoms with Gasteiger partial charge in [0.25, 0.3) is 0 Å². The van der Waals surface area contributed by atoms with Crippen LogP contribution < -0.4 is 5.32 Å². The molecule has 1 aromatic rings. The van der Waals surface area contributed by atoms with Crippen molar-refractivity contribution in [3.63, 3.8) is 0 Å². The molecule has 15 heavy (non-hydrogen) atoms. The third-order valence-electron chi connectivity index (χ3n) is 2.77. The number of aliphatic hydroxyl groups excluding tert-OH is 1. The van der Waals surface area contributed by atoms with Crippen LogP contribution in [0.2, 0.25) is 0 Å². The van der Waals surface area contributed by atoms with Gasteiger partial charge in [0.05, 0.1) is 25.4 Å². The predicted molar refractivity (Wildman–Crippen MR) is 60.2 cm³/mol. The minimum atomic E-state index is -0.397. The summed E-state index contributed by atoms with van der Waals surface area (Å²) in [5, 5.41) is 12.9. The maximum Gasteiger partial charge on any atom is 0.0996 e. The zero-order valence-corrected chi connectivity index (χ0v) is 9.16. The summed E-state index contributed by atoms with van der Waals surface area (Å²) in [4.78, 5) is 0. The van der Waals surface area contributed by atoms with Crippen LogP contribution in [0.25, 0.3) is 0 Å². The average molecular weight is 207 g/mol. The topological polar surface area (TPSA) is 41.5 Å². The lowest BCUT2D eigenvalue weighted by atomic mass is 10.1. The SMILES string of the molecule is Cc1ccc(N[C@@H]2COC[C@H]2O)c(C)c1. The zero-order chi connectivity index (χ0) is 10.8. The predicted octanol–water partition coefficient (Wildman–Crippen LogP) is 1.48. The van der Waals surface area contributed by atoms with Crippen LogP contribution in [0.1, 0.15) is 11.1 Å². The Labute approximate surface area is 90.1 Å². The quantitative estimate of drug-likeness (QED) is 0.771. The molecule has 1 aliphatic rings. The van der Waals surface area contributed by atoms with Gasteiger partial charge in [-0.2, -0.15) is 0 Å². The number of rotatable bonds is 2. The lowest BCUT2D eigenvalue weighted by molar-refractivity contribution is 0.125. The summed E-state index contributed by atoms with van der Waals surface area (Å²) in [5.74, 6) is 0. The Morgan fingerprint density at radius 2 is 2.13 bits per heavy atom. The van der Waals surface area contributed by atoms with Gasteiger partial charge in [-0.25, -0.2) is 0 Å². The van der Waals surface area contributed by atoms with E-state index in [1.165, 1.54) is 11.1 Å². The van der Waals surface area contributed by atoms with Crippen LogP contribution in [0.15, 0.2) is 18.2 Å². The molecule has 1 aliphatic heterocycles. The largest absolute Gasteiger partial charge is 0.388 e. The van der Waals surface area contributed by atoms with Crippen molar-refractivity contribution < 1.29 is 9.84 Å². The molecule has 3 nitrogen and oxygen atoms in total. The maximum absolute atomic E-state index is 9.61. The number of aryl methyl sites for hydroxylation is 2. The highest BCUT2D eigenvalue weighted by molar-refractivity contribution is 5.52. The highest BCUT2D eigenvalue weighted by Gasteiger charge is 2.26. The summed E-state index contributed by atoms with van der Waals surface area (Å²) in [6, 6.07) is 6.27. The summed E-state index contributed by atoms with van der Waals surface area (Å²) in [6.45, 7) is 5.15. The molecule has 3 heteroatoms. The first-order chi connectivity index (χ1) is 7.16. The van der Waals surface area contributed by atoms with Gasteiger partial charge >= 0.3 is 0 Å². The van der Waals surface area contributed by atoms with Gasteiger partial charge in [-0.1, -0.05) is 17.7 Å². The number of anilines is 1. The number of ether oxygens (including phenoxy) is 1. The number of hydrogen-bond donors (Lipinski definition) is 2. The van der Waals surface area contributed by atoms with Gasteiger partial charge in [-0.15, -0.1) is 0 Å². The van der Waals surface area contributed by atoms with Gasteiger partial charge in [0.15, 0.2) is 0 Å². The van der Waals surface area contributed by atoms with Gasteiger partial charge in [0.1, 0.15) is 0 Å². The molecule has 0 amide bonds. The first-order valence-electron chi connectivity index (χ1n) is 5.26. The first kappa shape index (κ1) is 10.5. The Hall–Kier alpha value is -1.06. The molecule has 0 unspecified atom stereocenters. The van der Waals surface area contributed by atoms with Crippen molar-refractivity contribution in [1.29, 1.82) is 0 Å². The second-order valence-corrected chi connectivity index (χ2v) is 4.17. The van der Waals surface area contributed by atoms with Crippen LogP contribution in [0.3, 0.4) is 0 Å². The Bertz CT molecular complexity index is 351. The molecular weight excluding hydrogens is 190 g/mol. The lowest BCUT2D eigenvalue weighted by Crippen LogP contribution is -2.32. The molecule has 0 aliphatic carbocycles. The van der Waals surface area contributed by atoms with Gasteiger partial charge in [0.2, 0.25) is 0 Å². The number of nitrogens with one attached hydrogen (secondary N) is 1. The molecule has 0 aromatic heterocycles. The molecule has 0 spiro atoms. The molecule has 0 radical (unpaired) electrons. The molecule has 1 saturated heterocycles. The fourth-order valence-corrected chi connectivity index (χ4v) is 1.86. The molecule has 1 aromatic carbocycles. The van der Waals surface area contributed by atoms with E-state index >= 15 is 0 Å². The molecule has 1 fully saturated rings. The Morgan fingerprint density at radius 1 is 1.33 bits per heavy atom. The van der Waals surface area contributed by atoms with Gasteiger partial charge in [0, 0.05) is 5.69 Å². The summed E-state index contributed by atoms with van der Waals surface area (Å²) in [5.41, 5.74) is 3.53. The highest BCUT2D eigenvalue weighted by Crippen LogP contribution is 2.19. The van der Waals surface area contributed by atoms with Crippen molar-refractivity contribution in [2.45, 2.75) is 26.0 Å². The van der Waals surface area contributed by atoms with Crippen molar-refractivity contribution in [1.82, 2.24) is 0 Å². The molecule has 2 N–H and O–H groups in total. The molecule has 82 valence electrons. The average Bonchev–Trinajstić information content (AvgIpc) is 2.57. The van der Waals surface area contributed by atoms with Crippen molar-refractivity contribution in [2.24, 2.45) is 0 Å². The maximum atomic E-state index is 9.61. The fourth-order valence-electron chi connectivity index (χ4n) is 1.86.